The fourth-order valence-corrected chi connectivity index (χ4v) is 0.574. The topological polar surface area (TPSA) is 63.4 Å². The van der Waals surface area contributed by atoms with Crippen molar-refractivity contribution < 1.29 is 10.0 Å². The lowest BCUT2D eigenvalue weighted by Gasteiger charge is -1.89. The number of benzene rings is 1. The van der Waals surface area contributed by atoms with E-state index in [0.29, 0.717) is 0 Å². The van der Waals surface area contributed by atoms with Gasteiger partial charge in [0.2, 0.25) is 0 Å². The van der Waals surface area contributed by atoms with E-state index in [1.54, 1.807) is 0 Å². The third-order valence-corrected chi connectivity index (χ3v) is 1.06. The summed E-state index contributed by atoms with van der Waals surface area (Å²) in [6.45, 7) is 4.00. The van der Waals surface area contributed by atoms with Crippen LogP contribution in [-0.4, -0.2) is 10.0 Å². The van der Waals surface area contributed by atoms with Crippen molar-refractivity contribution >= 4 is 5.69 Å². The second-order valence-corrected chi connectivity index (χ2v) is 1.77. The molecule has 0 fully saturated rings. The van der Waals surface area contributed by atoms with Gasteiger partial charge in [0.1, 0.15) is 5.75 Å². The van der Waals surface area contributed by atoms with Crippen molar-refractivity contribution in [2.75, 3.05) is 0 Å². The number of phenolic OH excluding ortho intramolecular Hbond substituents is 1. The van der Waals surface area contributed by atoms with Crippen LogP contribution < -0.4 is 0 Å². The molecular weight excluding hydrogens is 158 g/mol. The van der Waals surface area contributed by atoms with Gasteiger partial charge >= 0.3 is 0 Å². The Balaban J connectivity index is 0.000000561. The fraction of sp³-hybridized carbons (Fsp3) is 0.250. The molecule has 0 unspecified atom stereocenters. The van der Waals surface area contributed by atoms with Crippen LogP contribution in [0.15, 0.2) is 24.3 Å². The highest BCUT2D eigenvalue weighted by Gasteiger charge is 2.01. The molecule has 0 aromatic heterocycles. The molecule has 0 bridgehead atoms. The average Bonchev–Trinajstić information content (AvgIpc) is 2.09. The van der Waals surface area contributed by atoms with E-state index in [0.717, 1.165) is 0 Å². The van der Waals surface area contributed by atoms with Crippen LogP contribution in [0.5, 0.6) is 5.75 Å². The van der Waals surface area contributed by atoms with Crippen molar-refractivity contribution in [1.29, 1.82) is 0 Å². The number of hydrogen-bond acceptors (Lipinski definition) is 3. The summed E-state index contributed by atoms with van der Waals surface area (Å²) in [4.78, 5) is 9.52. The molecular formula is C8H11NO3. The van der Waals surface area contributed by atoms with E-state index in [-0.39, 0.29) is 11.4 Å². The van der Waals surface area contributed by atoms with Crippen LogP contribution >= 0.6 is 0 Å². The van der Waals surface area contributed by atoms with Gasteiger partial charge in [0.15, 0.2) is 0 Å². The molecule has 66 valence electrons. The molecule has 4 nitrogen and oxygen atoms in total. The van der Waals surface area contributed by atoms with Gasteiger partial charge in [-0.25, -0.2) is 0 Å². The van der Waals surface area contributed by atoms with Gasteiger partial charge in [0, 0.05) is 12.1 Å². The first-order chi connectivity index (χ1) is 5.70. The number of nitro groups is 1. The first kappa shape index (κ1) is 10.4. The second-order valence-electron chi connectivity index (χ2n) is 1.77. The van der Waals surface area contributed by atoms with Crippen LogP contribution in [0.3, 0.4) is 0 Å². The molecule has 0 aliphatic carbocycles. The molecule has 1 N–H and O–H groups in total. The Kier molecular flexibility index (Phi) is 4.45. The Morgan fingerprint density at radius 2 is 1.67 bits per heavy atom. The van der Waals surface area contributed by atoms with E-state index in [4.69, 9.17) is 5.11 Å². The number of nitrogens with zero attached hydrogens (tertiary/aromatic N) is 1. The summed E-state index contributed by atoms with van der Waals surface area (Å²) in [6, 6.07) is 5.04. The standard InChI is InChI=1S/C6H5NO3.C2H6/c8-6-3-1-5(2-4-6)7(9)10;1-2/h1-4,8H;1-2H3. The summed E-state index contributed by atoms with van der Waals surface area (Å²) in [6.07, 6.45) is 0. The molecule has 0 amide bonds. The van der Waals surface area contributed by atoms with Crippen LogP contribution in [0.25, 0.3) is 0 Å². The van der Waals surface area contributed by atoms with Crippen LogP contribution in [0.2, 0.25) is 0 Å². The molecule has 0 aliphatic rings. The SMILES string of the molecule is CC.O=[N+]([O-])c1ccc(O)cc1. The summed E-state index contributed by atoms with van der Waals surface area (Å²) in [5, 5.41) is 18.8. The van der Waals surface area contributed by atoms with Crippen molar-refractivity contribution in [3.63, 3.8) is 0 Å². The van der Waals surface area contributed by atoms with E-state index in [9.17, 15) is 10.1 Å². The highest BCUT2D eigenvalue weighted by atomic mass is 16.6. The largest absolute Gasteiger partial charge is 0.508 e. The predicted octanol–water partition coefficient (Wildman–Crippen LogP) is 2.33. The van der Waals surface area contributed by atoms with Crippen molar-refractivity contribution in [3.8, 4) is 5.75 Å². The molecule has 4 heteroatoms. The Bertz CT molecular complexity index is 243. The van der Waals surface area contributed by atoms with Crippen molar-refractivity contribution in [2.45, 2.75) is 13.8 Å². The molecule has 0 saturated carbocycles. The van der Waals surface area contributed by atoms with Gasteiger partial charge in [0.25, 0.3) is 5.69 Å². The average molecular weight is 169 g/mol. The van der Waals surface area contributed by atoms with Crippen molar-refractivity contribution in [1.82, 2.24) is 0 Å². The minimum Gasteiger partial charge on any atom is -0.508 e. The summed E-state index contributed by atoms with van der Waals surface area (Å²) in [5.74, 6) is 0.0330. The Morgan fingerprint density at radius 3 is 2.00 bits per heavy atom. The third kappa shape index (κ3) is 3.01. The Labute approximate surface area is 70.6 Å². The van der Waals surface area contributed by atoms with Gasteiger partial charge in [-0.15, -0.1) is 0 Å². The number of nitro benzene ring substituents is 1. The zero-order chi connectivity index (χ0) is 9.56. The van der Waals surface area contributed by atoms with Crippen LogP contribution in [0.4, 0.5) is 5.69 Å². The monoisotopic (exact) mass is 169 g/mol. The quantitative estimate of drug-likeness (QED) is 0.518. The molecule has 0 radical (unpaired) electrons. The van der Waals surface area contributed by atoms with Gasteiger partial charge in [0.05, 0.1) is 4.92 Å². The number of hydrogen-bond donors (Lipinski definition) is 1. The molecule has 1 aromatic rings. The summed E-state index contributed by atoms with van der Waals surface area (Å²) in [5.41, 5.74) is -0.0159. The van der Waals surface area contributed by atoms with Crippen molar-refractivity contribution in [3.05, 3.63) is 34.4 Å². The number of aromatic hydroxyl groups is 1. The Morgan fingerprint density at radius 1 is 1.25 bits per heavy atom. The highest BCUT2D eigenvalue weighted by Crippen LogP contribution is 2.14. The fourth-order valence-electron chi connectivity index (χ4n) is 0.574. The molecule has 0 spiro atoms. The lowest BCUT2D eigenvalue weighted by Crippen LogP contribution is -1.85. The maximum Gasteiger partial charge on any atom is 0.269 e. The summed E-state index contributed by atoms with van der Waals surface area (Å²) < 4.78 is 0. The molecule has 1 rings (SSSR count). The molecule has 0 aliphatic heterocycles. The maximum atomic E-state index is 10.0. The van der Waals surface area contributed by atoms with E-state index >= 15 is 0 Å². The maximum absolute atomic E-state index is 10.0. The molecule has 12 heavy (non-hydrogen) atoms. The van der Waals surface area contributed by atoms with E-state index in [2.05, 4.69) is 0 Å². The van der Waals surface area contributed by atoms with Crippen LogP contribution in [0.1, 0.15) is 13.8 Å². The van der Waals surface area contributed by atoms with Gasteiger partial charge in [-0.1, -0.05) is 13.8 Å². The smallest absolute Gasteiger partial charge is 0.269 e. The summed E-state index contributed by atoms with van der Waals surface area (Å²) >= 11 is 0. The lowest BCUT2D eigenvalue weighted by atomic mass is 10.3. The van der Waals surface area contributed by atoms with Crippen LogP contribution in [-0.2, 0) is 0 Å². The number of non-ortho nitro benzene ring substituents is 1. The highest BCUT2D eigenvalue weighted by molar-refractivity contribution is 5.34. The minimum atomic E-state index is -0.514. The second kappa shape index (κ2) is 5.12. The molecule has 1 aromatic carbocycles. The summed E-state index contributed by atoms with van der Waals surface area (Å²) in [7, 11) is 0. The first-order valence-electron chi connectivity index (χ1n) is 3.63. The lowest BCUT2D eigenvalue weighted by molar-refractivity contribution is -0.384. The Hall–Kier alpha value is -1.58. The minimum absolute atomic E-state index is 0.0159. The predicted molar refractivity (Wildman–Crippen MR) is 46.1 cm³/mol. The van der Waals surface area contributed by atoms with E-state index < -0.39 is 4.92 Å². The molecule has 0 heterocycles. The van der Waals surface area contributed by atoms with Crippen molar-refractivity contribution in [2.24, 2.45) is 0 Å². The number of rotatable bonds is 1. The molecule has 0 atom stereocenters. The van der Waals surface area contributed by atoms with E-state index in [1.165, 1.54) is 24.3 Å². The van der Waals surface area contributed by atoms with Crippen LogP contribution in [0, 0.1) is 10.1 Å². The van der Waals surface area contributed by atoms with E-state index in [1.807, 2.05) is 13.8 Å². The van der Waals surface area contributed by atoms with Gasteiger partial charge in [-0.2, -0.15) is 0 Å². The van der Waals surface area contributed by atoms with Gasteiger partial charge in [-0.3, -0.25) is 10.1 Å². The number of phenols is 1. The van der Waals surface area contributed by atoms with Gasteiger partial charge < -0.3 is 5.11 Å². The molecule has 0 saturated heterocycles. The normalized spacial score (nSPS) is 8.17. The first-order valence-corrected chi connectivity index (χ1v) is 3.63. The third-order valence-electron chi connectivity index (χ3n) is 1.06. The van der Waals surface area contributed by atoms with Gasteiger partial charge in [-0.05, 0) is 12.1 Å². The zero-order valence-electron chi connectivity index (χ0n) is 7.02. The zero-order valence-corrected chi connectivity index (χ0v) is 7.02.